The summed E-state index contributed by atoms with van der Waals surface area (Å²) in [6, 6.07) is 2.21. The number of aliphatic hydroxyl groups is 1. The van der Waals surface area contributed by atoms with Crippen LogP contribution in [0.5, 0.6) is 0 Å². The molecule has 0 aliphatic carbocycles. The summed E-state index contributed by atoms with van der Waals surface area (Å²) in [4.78, 5) is 20.5. The zero-order chi connectivity index (χ0) is 13.9. The Morgan fingerprint density at radius 2 is 2.00 bits per heavy atom. The minimum atomic E-state index is -1.41. The fourth-order valence-corrected chi connectivity index (χ4v) is 1.74. The minimum Gasteiger partial charge on any atom is -0.381 e. The lowest BCUT2D eigenvalue weighted by Crippen LogP contribution is -2.34. The molecule has 0 bridgehead atoms. The number of nitrogens with zero attached hydrogens (tertiary/aromatic N) is 1. The van der Waals surface area contributed by atoms with Gasteiger partial charge < -0.3 is 16.2 Å². The van der Waals surface area contributed by atoms with E-state index >= 15 is 0 Å². The molecule has 98 valence electrons. The largest absolute Gasteiger partial charge is 0.381 e. The molecule has 1 aromatic rings. The lowest BCUT2D eigenvalue weighted by Gasteiger charge is -2.12. The zero-order valence-corrected chi connectivity index (χ0v) is 10.4. The van der Waals surface area contributed by atoms with Crippen LogP contribution in [0.15, 0.2) is 12.1 Å². The molecule has 1 aromatic carbocycles. The second kappa shape index (κ2) is 5.85. The highest BCUT2D eigenvalue weighted by Crippen LogP contribution is 2.34. The Balaban J connectivity index is 2.90. The van der Waals surface area contributed by atoms with E-state index in [9.17, 15) is 20.0 Å². The van der Waals surface area contributed by atoms with Crippen molar-refractivity contribution in [1.82, 2.24) is 0 Å². The van der Waals surface area contributed by atoms with E-state index in [4.69, 9.17) is 28.9 Å². The van der Waals surface area contributed by atoms with Crippen molar-refractivity contribution in [2.24, 2.45) is 5.73 Å². The van der Waals surface area contributed by atoms with Gasteiger partial charge in [-0.2, -0.15) is 0 Å². The molecule has 0 radical (unpaired) electrons. The summed E-state index contributed by atoms with van der Waals surface area (Å²) in [7, 11) is 0. The highest BCUT2D eigenvalue weighted by Gasteiger charge is 2.16. The number of carbonyl (C=O) groups is 1. The van der Waals surface area contributed by atoms with Crippen molar-refractivity contribution < 1.29 is 14.8 Å². The van der Waals surface area contributed by atoms with E-state index in [-0.39, 0.29) is 28.0 Å². The molecule has 7 nitrogen and oxygen atoms in total. The molecule has 0 fully saturated rings. The van der Waals surface area contributed by atoms with E-state index in [1.54, 1.807) is 0 Å². The molecule has 0 saturated carbocycles. The maximum atomic E-state index is 10.6. The number of benzene rings is 1. The number of rotatable bonds is 5. The Morgan fingerprint density at radius 3 is 2.39 bits per heavy atom. The van der Waals surface area contributed by atoms with Crippen LogP contribution in [0.4, 0.5) is 11.4 Å². The van der Waals surface area contributed by atoms with E-state index in [0.29, 0.717) is 0 Å². The fourth-order valence-electron chi connectivity index (χ4n) is 1.13. The number of nitrogens with one attached hydrogen (secondary N) is 1. The maximum absolute atomic E-state index is 10.6. The van der Waals surface area contributed by atoms with Gasteiger partial charge in [0.1, 0.15) is 6.10 Å². The number of nitro groups is 1. The summed E-state index contributed by atoms with van der Waals surface area (Å²) in [5.41, 5.74) is 4.78. The van der Waals surface area contributed by atoms with Crippen molar-refractivity contribution in [3.05, 3.63) is 32.3 Å². The predicted octanol–water partition coefficient (Wildman–Crippen LogP) is 1.16. The van der Waals surface area contributed by atoms with E-state index in [1.807, 2.05) is 0 Å². The van der Waals surface area contributed by atoms with Crippen molar-refractivity contribution in [1.29, 1.82) is 0 Å². The number of amides is 1. The topological polar surface area (TPSA) is 118 Å². The Labute approximate surface area is 112 Å². The third kappa shape index (κ3) is 3.46. The van der Waals surface area contributed by atoms with Crippen molar-refractivity contribution in [3.8, 4) is 0 Å². The molecule has 9 heteroatoms. The van der Waals surface area contributed by atoms with E-state index in [0.717, 1.165) is 12.1 Å². The van der Waals surface area contributed by atoms with Gasteiger partial charge in [0.25, 0.3) is 5.69 Å². The summed E-state index contributed by atoms with van der Waals surface area (Å²) in [5, 5.41) is 22.3. The smallest absolute Gasteiger partial charge is 0.272 e. The van der Waals surface area contributed by atoms with E-state index in [2.05, 4.69) is 5.32 Å². The van der Waals surface area contributed by atoms with Gasteiger partial charge >= 0.3 is 0 Å². The first-order valence-corrected chi connectivity index (χ1v) is 5.43. The zero-order valence-electron chi connectivity index (χ0n) is 8.89. The quantitative estimate of drug-likeness (QED) is 0.556. The molecule has 0 aromatic heterocycles. The normalized spacial score (nSPS) is 11.9. The molecule has 0 aliphatic heterocycles. The second-order valence-electron chi connectivity index (χ2n) is 3.34. The molecule has 4 N–H and O–H groups in total. The Hall–Kier alpha value is -1.57. The van der Waals surface area contributed by atoms with Crippen molar-refractivity contribution in [2.45, 2.75) is 6.10 Å². The minimum absolute atomic E-state index is 0.00544. The van der Waals surface area contributed by atoms with Crippen LogP contribution < -0.4 is 11.1 Å². The van der Waals surface area contributed by atoms with Crippen LogP contribution in [-0.4, -0.2) is 28.6 Å². The van der Waals surface area contributed by atoms with Gasteiger partial charge in [-0.3, -0.25) is 14.9 Å². The van der Waals surface area contributed by atoms with Gasteiger partial charge in [-0.1, -0.05) is 23.2 Å². The summed E-state index contributed by atoms with van der Waals surface area (Å²) in [5.74, 6) is -0.906. The number of non-ortho nitro benzene ring substituents is 1. The maximum Gasteiger partial charge on any atom is 0.272 e. The lowest BCUT2D eigenvalue weighted by molar-refractivity contribution is -0.384. The number of nitrogens with two attached hydrogens (primary N) is 1. The van der Waals surface area contributed by atoms with Crippen LogP contribution in [0.1, 0.15) is 0 Å². The van der Waals surface area contributed by atoms with Crippen LogP contribution >= 0.6 is 23.2 Å². The molecule has 18 heavy (non-hydrogen) atoms. The van der Waals surface area contributed by atoms with Gasteiger partial charge in [-0.05, 0) is 0 Å². The number of carbonyl (C=O) groups excluding carboxylic acids is 1. The Kier molecular flexibility index (Phi) is 4.71. The molecule has 0 spiro atoms. The third-order valence-electron chi connectivity index (χ3n) is 2.04. The van der Waals surface area contributed by atoms with Crippen LogP contribution in [-0.2, 0) is 4.79 Å². The molecule has 0 aliphatic rings. The van der Waals surface area contributed by atoms with Crippen LogP contribution in [0.25, 0.3) is 0 Å². The lowest BCUT2D eigenvalue weighted by atomic mass is 10.2. The van der Waals surface area contributed by atoms with Gasteiger partial charge in [0.05, 0.1) is 20.7 Å². The number of aliphatic hydroxyl groups excluding tert-OH is 1. The number of nitro benzene ring substituents is 1. The standard InChI is InChI=1S/C9H9Cl2N3O4/c10-5-1-4(14(17)18)2-6(11)8(5)13-3-7(15)9(12)16/h1-2,7,13,15H,3H2,(H2,12,16). The molecule has 1 atom stereocenters. The van der Waals surface area contributed by atoms with Crippen molar-refractivity contribution in [2.75, 3.05) is 11.9 Å². The summed E-state index contributed by atoms with van der Waals surface area (Å²) in [6.07, 6.45) is -1.41. The van der Waals surface area contributed by atoms with Crippen LogP contribution in [0.2, 0.25) is 10.0 Å². The molecule has 1 rings (SSSR count). The summed E-state index contributed by atoms with van der Waals surface area (Å²) < 4.78 is 0. The highest BCUT2D eigenvalue weighted by atomic mass is 35.5. The molecule has 1 unspecified atom stereocenters. The first-order valence-electron chi connectivity index (χ1n) is 4.67. The number of hydrogen-bond donors (Lipinski definition) is 3. The first-order chi connectivity index (χ1) is 8.32. The molecule has 0 saturated heterocycles. The SMILES string of the molecule is NC(=O)C(O)CNc1c(Cl)cc([N+](=O)[O-])cc1Cl. The molecule has 1 amide bonds. The second-order valence-corrected chi connectivity index (χ2v) is 4.15. The fraction of sp³-hybridized carbons (Fsp3) is 0.222. The van der Waals surface area contributed by atoms with E-state index in [1.165, 1.54) is 0 Å². The van der Waals surface area contributed by atoms with Gasteiger partial charge in [-0.25, -0.2) is 0 Å². The molecular formula is C9H9Cl2N3O4. The first kappa shape index (κ1) is 14.5. The monoisotopic (exact) mass is 293 g/mol. The predicted molar refractivity (Wildman–Crippen MR) is 66.8 cm³/mol. The number of primary amides is 1. The van der Waals surface area contributed by atoms with Gasteiger partial charge in [0.2, 0.25) is 5.91 Å². The summed E-state index contributed by atoms with van der Waals surface area (Å²) >= 11 is 11.6. The van der Waals surface area contributed by atoms with Crippen molar-refractivity contribution >= 4 is 40.5 Å². The molecule has 0 heterocycles. The average molecular weight is 294 g/mol. The van der Waals surface area contributed by atoms with Crippen molar-refractivity contribution in [3.63, 3.8) is 0 Å². The average Bonchev–Trinajstić information content (AvgIpc) is 2.26. The van der Waals surface area contributed by atoms with Crippen LogP contribution in [0.3, 0.4) is 0 Å². The summed E-state index contributed by atoms with van der Waals surface area (Å²) in [6.45, 7) is -0.202. The number of hydrogen-bond acceptors (Lipinski definition) is 5. The Morgan fingerprint density at radius 1 is 1.50 bits per heavy atom. The van der Waals surface area contributed by atoms with Crippen LogP contribution in [0, 0.1) is 10.1 Å². The van der Waals surface area contributed by atoms with Gasteiger partial charge in [0, 0.05) is 18.7 Å². The van der Waals surface area contributed by atoms with E-state index < -0.39 is 16.9 Å². The highest BCUT2D eigenvalue weighted by molar-refractivity contribution is 6.39. The number of halogens is 2. The van der Waals surface area contributed by atoms with Gasteiger partial charge in [0.15, 0.2) is 0 Å². The van der Waals surface area contributed by atoms with Gasteiger partial charge in [-0.15, -0.1) is 0 Å². The number of anilines is 1. The molecular weight excluding hydrogens is 285 g/mol. The Bertz CT molecular complexity index is 472. The third-order valence-corrected chi connectivity index (χ3v) is 2.63.